The summed E-state index contributed by atoms with van der Waals surface area (Å²) in [4.78, 5) is 6.86. The molecule has 1 aromatic heterocycles. The highest BCUT2D eigenvalue weighted by atomic mass is 16.4. The number of piperidine rings is 1. The van der Waals surface area contributed by atoms with Crippen molar-refractivity contribution in [3.05, 3.63) is 17.8 Å². The zero-order valence-corrected chi connectivity index (χ0v) is 12.5. The molecule has 108 valence electrons. The van der Waals surface area contributed by atoms with Crippen LogP contribution in [0.4, 0.5) is 0 Å². The monoisotopic (exact) mass is 265 g/mol. The summed E-state index contributed by atoms with van der Waals surface area (Å²) in [6.45, 7) is 11.1. The Kier molecular flexibility index (Phi) is 5.40. The Morgan fingerprint density at radius 3 is 2.74 bits per heavy atom. The molecular formula is C15H27N3O. The maximum atomic E-state index is 5.61. The van der Waals surface area contributed by atoms with Gasteiger partial charge in [0.1, 0.15) is 5.76 Å². The van der Waals surface area contributed by atoms with E-state index in [1.807, 2.05) is 6.20 Å². The highest BCUT2D eigenvalue weighted by molar-refractivity contribution is 4.93. The standard InChI is InChI=1S/C15H27N3O/c1-4-14-9-17-15(19-14)10-16-13-5-7-18(8-6-13)11-12(2)3/h9,12-13,16H,4-8,10-11H2,1-3H3. The molecule has 1 aliphatic heterocycles. The van der Waals surface area contributed by atoms with E-state index >= 15 is 0 Å². The number of nitrogens with one attached hydrogen (secondary N) is 1. The quantitative estimate of drug-likeness (QED) is 0.858. The van der Waals surface area contributed by atoms with Crippen molar-refractivity contribution in [1.29, 1.82) is 0 Å². The van der Waals surface area contributed by atoms with Crippen LogP contribution in [-0.2, 0) is 13.0 Å². The van der Waals surface area contributed by atoms with Crippen LogP contribution in [0, 0.1) is 5.92 Å². The van der Waals surface area contributed by atoms with Gasteiger partial charge in [-0.1, -0.05) is 20.8 Å². The largest absolute Gasteiger partial charge is 0.444 e. The molecule has 0 unspecified atom stereocenters. The van der Waals surface area contributed by atoms with Gasteiger partial charge in [-0.2, -0.15) is 0 Å². The van der Waals surface area contributed by atoms with Crippen molar-refractivity contribution in [3.8, 4) is 0 Å². The molecule has 19 heavy (non-hydrogen) atoms. The van der Waals surface area contributed by atoms with Crippen molar-refractivity contribution in [3.63, 3.8) is 0 Å². The summed E-state index contributed by atoms with van der Waals surface area (Å²) < 4.78 is 5.61. The Morgan fingerprint density at radius 2 is 2.16 bits per heavy atom. The molecule has 1 N–H and O–H groups in total. The van der Waals surface area contributed by atoms with E-state index in [1.165, 1.54) is 32.5 Å². The summed E-state index contributed by atoms with van der Waals surface area (Å²) >= 11 is 0. The van der Waals surface area contributed by atoms with Gasteiger partial charge in [0, 0.05) is 19.0 Å². The number of hydrogen-bond donors (Lipinski definition) is 1. The number of nitrogens with zero attached hydrogens (tertiary/aromatic N) is 2. The number of rotatable bonds is 6. The average molecular weight is 265 g/mol. The van der Waals surface area contributed by atoms with Crippen LogP contribution in [0.25, 0.3) is 0 Å². The van der Waals surface area contributed by atoms with Gasteiger partial charge in [-0.05, 0) is 31.8 Å². The molecule has 2 rings (SSSR count). The van der Waals surface area contributed by atoms with Gasteiger partial charge in [-0.25, -0.2) is 4.98 Å². The average Bonchev–Trinajstić information content (AvgIpc) is 2.85. The molecule has 0 saturated carbocycles. The SMILES string of the molecule is CCc1cnc(CNC2CCN(CC(C)C)CC2)o1. The van der Waals surface area contributed by atoms with Crippen molar-refractivity contribution >= 4 is 0 Å². The summed E-state index contributed by atoms with van der Waals surface area (Å²) in [5, 5.41) is 3.57. The van der Waals surface area contributed by atoms with Gasteiger partial charge in [0.2, 0.25) is 5.89 Å². The van der Waals surface area contributed by atoms with Gasteiger partial charge in [-0.15, -0.1) is 0 Å². The third-order valence-electron chi connectivity index (χ3n) is 3.70. The van der Waals surface area contributed by atoms with Gasteiger partial charge >= 0.3 is 0 Å². The van der Waals surface area contributed by atoms with Crippen LogP contribution in [0.3, 0.4) is 0 Å². The Balaban J connectivity index is 1.68. The second kappa shape index (κ2) is 7.06. The van der Waals surface area contributed by atoms with Gasteiger partial charge in [0.05, 0.1) is 12.7 Å². The maximum Gasteiger partial charge on any atom is 0.208 e. The van der Waals surface area contributed by atoms with E-state index in [2.05, 4.69) is 36.0 Å². The first kappa shape index (κ1) is 14.5. The predicted molar refractivity (Wildman–Crippen MR) is 77.0 cm³/mol. The maximum absolute atomic E-state index is 5.61. The van der Waals surface area contributed by atoms with Crippen molar-refractivity contribution in [2.45, 2.75) is 52.6 Å². The van der Waals surface area contributed by atoms with Gasteiger partial charge in [0.15, 0.2) is 0 Å². The summed E-state index contributed by atoms with van der Waals surface area (Å²) in [7, 11) is 0. The molecule has 1 fully saturated rings. The summed E-state index contributed by atoms with van der Waals surface area (Å²) in [5.41, 5.74) is 0. The fraction of sp³-hybridized carbons (Fsp3) is 0.800. The van der Waals surface area contributed by atoms with Crippen LogP contribution in [-0.4, -0.2) is 35.6 Å². The van der Waals surface area contributed by atoms with Gasteiger partial charge in [0.25, 0.3) is 0 Å². The van der Waals surface area contributed by atoms with E-state index < -0.39 is 0 Å². The minimum Gasteiger partial charge on any atom is -0.444 e. The normalized spacial score (nSPS) is 18.3. The predicted octanol–water partition coefficient (Wildman–Crippen LogP) is 2.45. The Hall–Kier alpha value is -0.870. The van der Waals surface area contributed by atoms with E-state index in [-0.39, 0.29) is 0 Å². The lowest BCUT2D eigenvalue weighted by molar-refractivity contribution is 0.178. The van der Waals surface area contributed by atoms with Crippen LogP contribution < -0.4 is 5.32 Å². The third-order valence-corrected chi connectivity index (χ3v) is 3.70. The van der Waals surface area contributed by atoms with E-state index in [1.54, 1.807) is 0 Å². The lowest BCUT2D eigenvalue weighted by Gasteiger charge is -2.33. The van der Waals surface area contributed by atoms with Crippen molar-refractivity contribution in [2.24, 2.45) is 5.92 Å². The number of likely N-dealkylation sites (tertiary alicyclic amines) is 1. The lowest BCUT2D eigenvalue weighted by Crippen LogP contribution is -2.43. The van der Waals surface area contributed by atoms with E-state index in [4.69, 9.17) is 4.42 Å². The van der Waals surface area contributed by atoms with E-state index in [0.717, 1.165) is 30.5 Å². The molecule has 0 amide bonds. The fourth-order valence-electron chi connectivity index (χ4n) is 2.66. The summed E-state index contributed by atoms with van der Waals surface area (Å²) in [6, 6.07) is 0.611. The first-order chi connectivity index (χ1) is 9.17. The van der Waals surface area contributed by atoms with E-state index in [0.29, 0.717) is 6.04 Å². The molecule has 0 aromatic carbocycles. The molecule has 0 atom stereocenters. The van der Waals surface area contributed by atoms with Crippen molar-refractivity contribution in [1.82, 2.24) is 15.2 Å². The smallest absolute Gasteiger partial charge is 0.208 e. The molecule has 0 bridgehead atoms. The second-order valence-corrected chi connectivity index (χ2v) is 5.92. The fourth-order valence-corrected chi connectivity index (χ4v) is 2.66. The molecule has 4 nitrogen and oxygen atoms in total. The van der Waals surface area contributed by atoms with Gasteiger partial charge in [-0.3, -0.25) is 0 Å². The minimum absolute atomic E-state index is 0.611. The Labute approximate surface area is 116 Å². The first-order valence-corrected chi connectivity index (χ1v) is 7.56. The molecule has 1 saturated heterocycles. The van der Waals surface area contributed by atoms with Crippen LogP contribution >= 0.6 is 0 Å². The third kappa shape index (κ3) is 4.62. The summed E-state index contributed by atoms with van der Waals surface area (Å²) in [5.74, 6) is 2.56. The Morgan fingerprint density at radius 1 is 1.42 bits per heavy atom. The zero-order chi connectivity index (χ0) is 13.7. The highest BCUT2D eigenvalue weighted by Gasteiger charge is 2.19. The first-order valence-electron chi connectivity index (χ1n) is 7.56. The lowest BCUT2D eigenvalue weighted by atomic mass is 10.0. The molecular weight excluding hydrogens is 238 g/mol. The second-order valence-electron chi connectivity index (χ2n) is 5.92. The molecule has 1 aromatic rings. The topological polar surface area (TPSA) is 41.3 Å². The minimum atomic E-state index is 0.611. The number of aryl methyl sites for hydroxylation is 1. The molecule has 2 heterocycles. The summed E-state index contributed by atoms with van der Waals surface area (Å²) in [6.07, 6.45) is 5.21. The molecule has 0 radical (unpaired) electrons. The van der Waals surface area contributed by atoms with Crippen LogP contribution in [0.15, 0.2) is 10.6 Å². The number of hydrogen-bond acceptors (Lipinski definition) is 4. The molecule has 4 heteroatoms. The number of aromatic nitrogens is 1. The van der Waals surface area contributed by atoms with Crippen LogP contribution in [0.1, 0.15) is 45.3 Å². The van der Waals surface area contributed by atoms with Gasteiger partial charge < -0.3 is 14.6 Å². The van der Waals surface area contributed by atoms with Crippen molar-refractivity contribution < 1.29 is 4.42 Å². The molecule has 1 aliphatic rings. The highest BCUT2D eigenvalue weighted by Crippen LogP contribution is 2.13. The molecule has 0 spiro atoms. The molecule has 0 aliphatic carbocycles. The number of oxazole rings is 1. The Bertz CT molecular complexity index is 367. The van der Waals surface area contributed by atoms with E-state index in [9.17, 15) is 0 Å². The van der Waals surface area contributed by atoms with Crippen LogP contribution in [0.2, 0.25) is 0 Å². The van der Waals surface area contributed by atoms with Crippen LogP contribution in [0.5, 0.6) is 0 Å². The zero-order valence-electron chi connectivity index (χ0n) is 12.5. The van der Waals surface area contributed by atoms with Crippen molar-refractivity contribution in [2.75, 3.05) is 19.6 Å².